The van der Waals surface area contributed by atoms with Crippen molar-refractivity contribution in [3.05, 3.63) is 154 Å². The highest BCUT2D eigenvalue weighted by Crippen LogP contribution is 2.48. The van der Waals surface area contributed by atoms with Gasteiger partial charge in [0, 0.05) is 84.2 Å². The van der Waals surface area contributed by atoms with Crippen LogP contribution in [0.1, 0.15) is 95.4 Å². The highest BCUT2D eigenvalue weighted by Gasteiger charge is 2.45. The monoisotopic (exact) mass is 971 g/mol. The minimum Gasteiger partial charge on any atom is -0.422 e. The Morgan fingerprint density at radius 3 is 1.77 bits per heavy atom. The van der Waals surface area contributed by atoms with E-state index in [1.54, 1.807) is 22.7 Å². The molecule has 0 spiro atoms. The Labute approximate surface area is 407 Å². The van der Waals surface area contributed by atoms with E-state index in [2.05, 4.69) is 116 Å². The predicted molar refractivity (Wildman–Crippen MR) is 285 cm³/mol. The van der Waals surface area contributed by atoms with Crippen LogP contribution in [0.25, 0.3) is 50.7 Å². The Hall–Kier alpha value is -4.43. The van der Waals surface area contributed by atoms with Gasteiger partial charge in [0.15, 0.2) is 0 Å². The first kappa shape index (κ1) is 48.0. The second-order valence-electron chi connectivity index (χ2n) is 16.5. The fraction of sp³-hybridized carbons (Fsp3) is 0.327. The van der Waals surface area contributed by atoms with Crippen LogP contribution in [-0.4, -0.2) is 28.6 Å². The van der Waals surface area contributed by atoms with Gasteiger partial charge in [0.2, 0.25) is 0 Å². The number of benzene rings is 3. The second-order valence-corrected chi connectivity index (χ2v) is 23.7. The first-order chi connectivity index (χ1) is 32.3. The molecule has 0 unspecified atom stereocenters. The van der Waals surface area contributed by atoms with E-state index in [9.17, 15) is 4.79 Å². The molecule has 6 nitrogen and oxygen atoms in total. The van der Waals surface area contributed by atoms with Crippen LogP contribution in [0, 0.1) is 0 Å². The number of unbranched alkanes of at least 4 members (excludes halogenated alkanes) is 4. The third-order valence-electron chi connectivity index (χ3n) is 11.7. The molecule has 3 aromatic carbocycles. The third kappa shape index (κ3) is 11.3. The quantitative estimate of drug-likeness (QED) is 0.0342. The number of nitrogens with zero attached hydrogens (tertiary/aromatic N) is 1. The Morgan fingerprint density at radius 1 is 0.530 bits per heavy atom. The highest BCUT2D eigenvalue weighted by molar-refractivity contribution is 7.31. The molecule has 0 amide bonds. The summed E-state index contributed by atoms with van der Waals surface area (Å²) in [6.07, 6.45) is 9.21. The predicted octanol–water partition coefficient (Wildman–Crippen LogP) is 15.6. The summed E-state index contributed by atoms with van der Waals surface area (Å²) in [6, 6.07) is 42.8. The van der Waals surface area contributed by atoms with Gasteiger partial charge in [0.1, 0.15) is 5.58 Å². The summed E-state index contributed by atoms with van der Waals surface area (Å²) in [6.45, 7) is 13.7. The summed E-state index contributed by atoms with van der Waals surface area (Å²) < 4.78 is 26.2. The molecule has 0 radical (unpaired) electrons. The van der Waals surface area contributed by atoms with E-state index in [-0.39, 0.29) is 5.63 Å². The molecule has 0 aliphatic carbocycles. The Balaban J connectivity index is 1.10. The lowest BCUT2D eigenvalue weighted by atomic mass is 10.0. The second kappa shape index (κ2) is 23.0. The molecule has 344 valence electrons. The van der Waals surface area contributed by atoms with E-state index in [0.717, 1.165) is 64.1 Å². The lowest BCUT2D eigenvalue weighted by molar-refractivity contribution is 0.0866. The number of aryl methyl sites for hydroxylation is 2. The largest absolute Gasteiger partial charge is 0.547 e. The van der Waals surface area contributed by atoms with Crippen LogP contribution in [0.2, 0.25) is 0 Å². The molecule has 5 aromatic heterocycles. The van der Waals surface area contributed by atoms with Gasteiger partial charge < -0.3 is 22.6 Å². The van der Waals surface area contributed by atoms with E-state index in [1.807, 2.05) is 67.7 Å². The average Bonchev–Trinajstić information content (AvgIpc) is 4.17. The van der Waals surface area contributed by atoms with Crippen LogP contribution >= 0.6 is 45.3 Å². The van der Waals surface area contributed by atoms with Crippen molar-refractivity contribution in [2.45, 2.75) is 99.1 Å². The smallest absolute Gasteiger partial charge is 0.422 e. The fourth-order valence-electron chi connectivity index (χ4n) is 8.45. The van der Waals surface area contributed by atoms with Gasteiger partial charge in [0.05, 0.1) is 10.1 Å². The molecule has 8 aromatic rings. The Kier molecular flexibility index (Phi) is 16.8. The van der Waals surface area contributed by atoms with Crippen molar-refractivity contribution in [1.82, 2.24) is 0 Å². The zero-order valence-corrected chi connectivity index (χ0v) is 43.1. The molecule has 0 saturated carbocycles. The normalized spacial score (nSPS) is 11.8. The van der Waals surface area contributed by atoms with Gasteiger partial charge in [-0.05, 0) is 123 Å². The van der Waals surface area contributed by atoms with Gasteiger partial charge in [-0.25, -0.2) is 4.79 Å². The van der Waals surface area contributed by atoms with Crippen LogP contribution in [-0.2, 0) is 39.2 Å². The van der Waals surface area contributed by atoms with Gasteiger partial charge in [-0.3, -0.25) is 0 Å². The van der Waals surface area contributed by atoms with Gasteiger partial charge in [-0.1, -0.05) is 100 Å². The van der Waals surface area contributed by atoms with E-state index in [1.165, 1.54) is 72.3 Å². The van der Waals surface area contributed by atoms with Crippen molar-refractivity contribution < 1.29 is 17.7 Å². The minimum absolute atomic E-state index is 0.320. The van der Waals surface area contributed by atoms with E-state index >= 15 is 0 Å². The Bertz CT molecular complexity index is 2780. The molecule has 66 heavy (non-hydrogen) atoms. The molecular formula is C55H61NO5S4Si. The zero-order chi connectivity index (χ0) is 45.9. The van der Waals surface area contributed by atoms with Crippen LogP contribution < -0.4 is 15.0 Å². The first-order valence-electron chi connectivity index (χ1n) is 23.6. The maximum absolute atomic E-state index is 13.8. The molecule has 0 aliphatic rings. The van der Waals surface area contributed by atoms with E-state index < -0.39 is 8.80 Å². The van der Waals surface area contributed by atoms with Gasteiger partial charge in [0.25, 0.3) is 0 Å². The maximum atomic E-state index is 13.8. The minimum atomic E-state index is -3.02. The van der Waals surface area contributed by atoms with Crippen LogP contribution in [0.3, 0.4) is 0 Å². The molecule has 0 fully saturated rings. The van der Waals surface area contributed by atoms with Crippen molar-refractivity contribution in [2.75, 3.05) is 24.7 Å². The zero-order valence-electron chi connectivity index (χ0n) is 38.9. The first-order valence-corrected chi connectivity index (χ1v) is 28.6. The average molecular weight is 972 g/mol. The topological polar surface area (TPSA) is 61.1 Å². The van der Waals surface area contributed by atoms with E-state index in [4.69, 9.17) is 17.7 Å². The number of rotatable bonds is 24. The van der Waals surface area contributed by atoms with Crippen LogP contribution in [0.5, 0.6) is 0 Å². The maximum Gasteiger partial charge on any atom is 0.547 e. The van der Waals surface area contributed by atoms with E-state index in [0.29, 0.717) is 31.0 Å². The number of hydrogen-bond acceptors (Lipinski definition) is 10. The molecular weight excluding hydrogens is 911 g/mol. The standard InChI is InChI=1S/C55H61NO5S4Si/c1-6-11-13-20-26-43-35-51(65-53(43)49-31-32-52(63-49)66(58-8-3,59-9-4)60-10-5)54-42(25-12-7-2)34-50(64-54)48-30-29-47(62-48)45-33-41-27-28-44(36-46(41)61-55(45)57)56(37-39-21-16-14-17-22-39)38-40-23-18-15-19-24-40/h14-19,21-24,27-36H,6-13,20,25-26,37-38H2,1-5H3. The number of fused-ring (bicyclic) bond motifs is 1. The summed E-state index contributed by atoms with van der Waals surface area (Å²) in [5, 5.41) is 0.904. The van der Waals surface area contributed by atoms with Gasteiger partial charge in [-0.15, -0.1) is 45.3 Å². The number of hydrogen-bond donors (Lipinski definition) is 0. The molecule has 0 aliphatic heterocycles. The summed E-state index contributed by atoms with van der Waals surface area (Å²) >= 11 is 7.24. The molecule has 0 atom stereocenters. The number of thiophene rings is 4. The van der Waals surface area contributed by atoms with Crippen molar-refractivity contribution in [3.63, 3.8) is 0 Å². The lowest BCUT2D eigenvalue weighted by Gasteiger charge is -2.27. The van der Waals surface area contributed by atoms with Crippen molar-refractivity contribution >= 4 is 75.3 Å². The third-order valence-corrected chi connectivity index (χ3v) is 20.5. The summed E-state index contributed by atoms with van der Waals surface area (Å²) in [5.74, 6) is 0. The lowest BCUT2D eigenvalue weighted by Crippen LogP contribution is -2.55. The number of anilines is 1. The SMILES string of the molecule is CCCCCCc1cc(-c2sc(-c3ccc(-c4cc5ccc(N(Cc6ccccc6)Cc6ccccc6)cc5oc4=O)s3)cc2CCCC)sc1-c1ccc([Si](OCC)(OCC)OCC)s1. The molecule has 8 rings (SSSR count). The molecule has 0 N–H and O–H groups in total. The Morgan fingerprint density at radius 2 is 1.12 bits per heavy atom. The van der Waals surface area contributed by atoms with Crippen molar-refractivity contribution in [2.24, 2.45) is 0 Å². The summed E-state index contributed by atoms with van der Waals surface area (Å²) in [4.78, 5) is 24.7. The van der Waals surface area contributed by atoms with Crippen molar-refractivity contribution in [1.29, 1.82) is 0 Å². The van der Waals surface area contributed by atoms with Crippen LogP contribution in [0.15, 0.2) is 131 Å². The molecule has 11 heteroatoms. The highest BCUT2D eigenvalue weighted by atomic mass is 32.1. The van der Waals surface area contributed by atoms with Crippen LogP contribution in [0.4, 0.5) is 5.69 Å². The molecule has 0 saturated heterocycles. The summed E-state index contributed by atoms with van der Waals surface area (Å²) in [5.41, 5.74) is 7.12. The van der Waals surface area contributed by atoms with Gasteiger partial charge >= 0.3 is 14.4 Å². The fourth-order valence-corrected chi connectivity index (χ4v) is 16.5. The summed E-state index contributed by atoms with van der Waals surface area (Å²) in [7, 11) is -3.02. The van der Waals surface area contributed by atoms with Crippen molar-refractivity contribution in [3.8, 4) is 39.7 Å². The molecule has 0 bridgehead atoms. The van der Waals surface area contributed by atoms with Gasteiger partial charge in [-0.2, -0.15) is 0 Å². The molecule has 5 heterocycles.